The third-order valence-electron chi connectivity index (χ3n) is 8.70. The first kappa shape index (κ1) is 26.6. The molecule has 4 atom stereocenters. The minimum absolute atomic E-state index is 0.00705. The second kappa shape index (κ2) is 11.5. The van der Waals surface area contributed by atoms with Crippen molar-refractivity contribution < 1.29 is 24.5 Å². The fourth-order valence-corrected chi connectivity index (χ4v) is 6.72. The SMILES string of the molecule is O=C(NCCO)C1=C[C@@H](N(CCc2cc3ccccc3[nH]2)C(=O)CC2CCCC2)[C@H](O)[C@H]2Oc3ccccc3[C@@H]12. The molecule has 0 bridgehead atoms. The van der Waals surface area contributed by atoms with E-state index in [9.17, 15) is 19.8 Å². The van der Waals surface area contributed by atoms with Gasteiger partial charge in [0, 0.05) is 48.3 Å². The zero-order valence-corrected chi connectivity index (χ0v) is 22.6. The van der Waals surface area contributed by atoms with Crippen molar-refractivity contribution in [2.75, 3.05) is 19.7 Å². The summed E-state index contributed by atoms with van der Waals surface area (Å²) in [4.78, 5) is 32.5. The molecular weight excluding hydrogens is 506 g/mol. The molecule has 0 saturated heterocycles. The van der Waals surface area contributed by atoms with Gasteiger partial charge in [-0.15, -0.1) is 0 Å². The molecule has 2 aliphatic carbocycles. The molecule has 8 nitrogen and oxygen atoms in total. The maximum absolute atomic E-state index is 13.9. The molecule has 3 aliphatic rings. The number of aliphatic hydroxyl groups is 2. The number of nitrogens with zero attached hydrogens (tertiary/aromatic N) is 1. The quantitative estimate of drug-likeness (QED) is 0.330. The highest BCUT2D eigenvalue weighted by molar-refractivity contribution is 5.96. The summed E-state index contributed by atoms with van der Waals surface area (Å²) in [6, 6.07) is 17.0. The van der Waals surface area contributed by atoms with Crippen LogP contribution in [0.15, 0.2) is 66.2 Å². The number of fused-ring (bicyclic) bond motifs is 4. The number of carbonyl (C=O) groups is 2. The van der Waals surface area contributed by atoms with Crippen LogP contribution in [-0.2, 0) is 16.0 Å². The van der Waals surface area contributed by atoms with Crippen molar-refractivity contribution in [1.29, 1.82) is 0 Å². The van der Waals surface area contributed by atoms with Crippen LogP contribution in [0, 0.1) is 5.92 Å². The highest BCUT2D eigenvalue weighted by Gasteiger charge is 2.50. The Morgan fingerprint density at radius 2 is 1.85 bits per heavy atom. The first-order valence-corrected chi connectivity index (χ1v) is 14.4. The van der Waals surface area contributed by atoms with E-state index in [0.29, 0.717) is 36.6 Å². The van der Waals surface area contributed by atoms with Crippen LogP contribution in [0.3, 0.4) is 0 Å². The lowest BCUT2D eigenvalue weighted by Crippen LogP contribution is -2.56. The fraction of sp³-hybridized carbons (Fsp3) is 0.438. The summed E-state index contributed by atoms with van der Waals surface area (Å²) in [6.45, 7) is 0.337. The van der Waals surface area contributed by atoms with Crippen molar-refractivity contribution >= 4 is 22.7 Å². The van der Waals surface area contributed by atoms with Crippen LogP contribution in [0.4, 0.5) is 0 Å². The number of hydrogen-bond acceptors (Lipinski definition) is 5. The van der Waals surface area contributed by atoms with E-state index < -0.39 is 24.2 Å². The van der Waals surface area contributed by atoms with Crippen LogP contribution in [0.2, 0.25) is 0 Å². The van der Waals surface area contributed by atoms with Gasteiger partial charge in [0.15, 0.2) is 0 Å². The number of amides is 2. The van der Waals surface area contributed by atoms with Crippen molar-refractivity contribution in [2.45, 2.75) is 62.7 Å². The normalized spacial score (nSPS) is 23.8. The molecule has 3 aromatic rings. The molecule has 1 aliphatic heterocycles. The van der Waals surface area contributed by atoms with E-state index in [1.165, 1.54) is 0 Å². The summed E-state index contributed by atoms with van der Waals surface area (Å²) in [5.74, 6) is 0.203. The zero-order valence-electron chi connectivity index (χ0n) is 22.6. The molecule has 8 heteroatoms. The Morgan fingerprint density at radius 1 is 1.07 bits per heavy atom. The van der Waals surface area contributed by atoms with Gasteiger partial charge in [-0.2, -0.15) is 0 Å². The van der Waals surface area contributed by atoms with Gasteiger partial charge in [-0.05, 0) is 48.4 Å². The van der Waals surface area contributed by atoms with Crippen LogP contribution < -0.4 is 10.1 Å². The number of aliphatic hydroxyl groups excluding tert-OH is 2. The molecule has 2 amide bonds. The summed E-state index contributed by atoms with van der Waals surface area (Å²) in [7, 11) is 0. The van der Waals surface area contributed by atoms with Gasteiger partial charge >= 0.3 is 0 Å². The molecule has 0 spiro atoms. The van der Waals surface area contributed by atoms with Gasteiger partial charge in [-0.3, -0.25) is 9.59 Å². The predicted octanol–water partition coefficient (Wildman–Crippen LogP) is 3.44. The highest BCUT2D eigenvalue weighted by atomic mass is 16.5. The number of aromatic amines is 1. The predicted molar refractivity (Wildman–Crippen MR) is 152 cm³/mol. The number of hydrogen-bond donors (Lipinski definition) is 4. The molecule has 210 valence electrons. The zero-order chi connectivity index (χ0) is 27.6. The lowest BCUT2D eigenvalue weighted by Gasteiger charge is -2.41. The molecule has 0 unspecified atom stereocenters. The lowest BCUT2D eigenvalue weighted by molar-refractivity contribution is -0.138. The number of rotatable bonds is 9. The molecule has 40 heavy (non-hydrogen) atoms. The topological polar surface area (TPSA) is 115 Å². The molecule has 4 N–H and O–H groups in total. The van der Waals surface area contributed by atoms with Gasteiger partial charge in [-0.1, -0.05) is 49.2 Å². The molecule has 1 saturated carbocycles. The standard InChI is InChI=1S/C32H37N3O5/c36-16-14-33-32(39)24-19-26(30(38)31-29(24)23-10-4-6-12-27(23)40-31)35(28(37)17-20-7-1-2-8-20)15-13-22-18-21-9-3-5-11-25(21)34-22/h3-6,9-12,18-20,26,29-31,34,36,38H,1-2,7-8,13-17H2,(H,33,39)/t26-,29+,30+,31+/m1/s1. The summed E-state index contributed by atoms with van der Waals surface area (Å²) in [5, 5.41) is 25.0. The molecule has 1 fully saturated rings. The van der Waals surface area contributed by atoms with Crippen molar-refractivity contribution in [1.82, 2.24) is 15.2 Å². The monoisotopic (exact) mass is 543 g/mol. The maximum Gasteiger partial charge on any atom is 0.247 e. The Labute approximate surface area is 234 Å². The number of benzene rings is 2. The Hall–Kier alpha value is -3.62. The number of carbonyl (C=O) groups excluding carboxylic acids is 2. The molecule has 2 aromatic carbocycles. The Kier molecular flexibility index (Phi) is 7.63. The summed E-state index contributed by atoms with van der Waals surface area (Å²) in [5.41, 5.74) is 3.36. The van der Waals surface area contributed by atoms with Crippen LogP contribution >= 0.6 is 0 Å². The smallest absolute Gasteiger partial charge is 0.247 e. The minimum Gasteiger partial charge on any atom is -0.486 e. The molecular formula is C32H37N3O5. The summed E-state index contributed by atoms with van der Waals surface area (Å²) < 4.78 is 6.24. The van der Waals surface area contributed by atoms with Crippen molar-refractivity contribution in [3.63, 3.8) is 0 Å². The van der Waals surface area contributed by atoms with Crippen molar-refractivity contribution in [3.8, 4) is 5.75 Å². The first-order valence-electron chi connectivity index (χ1n) is 14.4. The van der Waals surface area contributed by atoms with Crippen molar-refractivity contribution in [3.05, 3.63) is 77.5 Å². The maximum atomic E-state index is 13.9. The molecule has 1 aromatic heterocycles. The van der Waals surface area contributed by atoms with Crippen LogP contribution in [0.5, 0.6) is 5.75 Å². The third-order valence-corrected chi connectivity index (χ3v) is 8.70. The lowest BCUT2D eigenvalue weighted by atomic mass is 9.77. The van der Waals surface area contributed by atoms with E-state index in [-0.39, 0.29) is 25.0 Å². The van der Waals surface area contributed by atoms with Crippen molar-refractivity contribution in [2.24, 2.45) is 5.92 Å². The van der Waals surface area contributed by atoms with Crippen LogP contribution in [0.1, 0.15) is 49.3 Å². The molecule has 2 heterocycles. The van der Waals surface area contributed by atoms with E-state index in [0.717, 1.165) is 47.8 Å². The van der Waals surface area contributed by atoms with Gasteiger partial charge in [-0.25, -0.2) is 0 Å². The first-order chi connectivity index (χ1) is 19.5. The van der Waals surface area contributed by atoms with E-state index in [2.05, 4.69) is 22.4 Å². The van der Waals surface area contributed by atoms with Gasteiger partial charge < -0.3 is 30.2 Å². The average Bonchev–Trinajstić information content (AvgIpc) is 3.71. The number of para-hydroxylation sites is 2. The van der Waals surface area contributed by atoms with Gasteiger partial charge in [0.25, 0.3) is 0 Å². The van der Waals surface area contributed by atoms with Gasteiger partial charge in [0.1, 0.15) is 18.0 Å². The Morgan fingerprint density at radius 3 is 2.65 bits per heavy atom. The number of H-pyrrole nitrogens is 1. The second-order valence-electron chi connectivity index (χ2n) is 11.3. The highest BCUT2D eigenvalue weighted by Crippen LogP contribution is 2.47. The largest absolute Gasteiger partial charge is 0.486 e. The average molecular weight is 544 g/mol. The van der Waals surface area contributed by atoms with E-state index in [4.69, 9.17) is 4.74 Å². The Bertz CT molecular complexity index is 1380. The third kappa shape index (κ3) is 5.13. The molecule has 6 rings (SSSR count). The fourth-order valence-electron chi connectivity index (χ4n) is 6.72. The van der Waals surface area contributed by atoms with E-state index in [1.807, 2.05) is 42.5 Å². The summed E-state index contributed by atoms with van der Waals surface area (Å²) in [6.07, 6.45) is 5.45. The van der Waals surface area contributed by atoms with Gasteiger partial charge in [0.2, 0.25) is 11.8 Å². The van der Waals surface area contributed by atoms with E-state index in [1.54, 1.807) is 11.0 Å². The summed E-state index contributed by atoms with van der Waals surface area (Å²) >= 11 is 0. The Balaban J connectivity index is 1.33. The van der Waals surface area contributed by atoms with Crippen LogP contribution in [0.25, 0.3) is 10.9 Å². The molecule has 0 radical (unpaired) electrons. The number of aromatic nitrogens is 1. The van der Waals surface area contributed by atoms with E-state index >= 15 is 0 Å². The van der Waals surface area contributed by atoms with Gasteiger partial charge in [0.05, 0.1) is 18.6 Å². The second-order valence-corrected chi connectivity index (χ2v) is 11.3. The van der Waals surface area contributed by atoms with Crippen LogP contribution in [-0.4, -0.2) is 69.9 Å². The minimum atomic E-state index is -1.01. The number of ether oxygens (including phenoxy) is 1. The number of nitrogens with one attached hydrogen (secondary N) is 2.